The molecule has 0 saturated heterocycles. The summed E-state index contributed by atoms with van der Waals surface area (Å²) >= 11 is 0. The summed E-state index contributed by atoms with van der Waals surface area (Å²) in [5.41, 5.74) is 0.425. The van der Waals surface area contributed by atoms with Gasteiger partial charge in [0, 0.05) is 0 Å². The molecule has 0 heterocycles. The van der Waals surface area contributed by atoms with E-state index < -0.39 is 5.60 Å². The molecule has 0 aliphatic heterocycles. The monoisotopic (exact) mass is 188 g/mol. The minimum atomic E-state index is -0.735. The predicted octanol–water partition coefficient (Wildman–Crippen LogP) is 3.03. The third kappa shape index (κ3) is 4.63. The van der Waals surface area contributed by atoms with Gasteiger partial charge in [-0.25, -0.2) is 0 Å². The van der Waals surface area contributed by atoms with E-state index in [9.17, 15) is 5.11 Å². The first-order valence-electron chi connectivity index (χ1n) is 4.71. The Balaban J connectivity index is 2.54. The van der Waals surface area contributed by atoms with Crippen LogP contribution in [0, 0.1) is 0 Å². The van der Waals surface area contributed by atoms with E-state index in [1.54, 1.807) is 19.9 Å². The molecule has 0 fully saturated rings. The highest BCUT2D eigenvalue weighted by atomic mass is 16.3. The molecule has 0 amide bonds. The van der Waals surface area contributed by atoms with Gasteiger partial charge in [-0.2, -0.15) is 0 Å². The fourth-order valence-corrected chi connectivity index (χ4v) is 1.02. The van der Waals surface area contributed by atoms with Gasteiger partial charge < -0.3 is 5.11 Å². The molecule has 0 spiro atoms. The normalized spacial score (nSPS) is 12.8. The number of benzene rings is 1. The van der Waals surface area contributed by atoms with Gasteiger partial charge in [-0.1, -0.05) is 54.6 Å². The van der Waals surface area contributed by atoms with Crippen molar-refractivity contribution in [1.82, 2.24) is 0 Å². The molecule has 1 aromatic carbocycles. The largest absolute Gasteiger partial charge is 0.386 e. The summed E-state index contributed by atoms with van der Waals surface area (Å²) in [6, 6.07) is 10.1. The van der Waals surface area contributed by atoms with E-state index >= 15 is 0 Å². The highest BCUT2D eigenvalue weighted by Crippen LogP contribution is 2.04. The van der Waals surface area contributed by atoms with Crippen molar-refractivity contribution in [3.63, 3.8) is 0 Å². The second kappa shape index (κ2) is 4.77. The maximum Gasteiger partial charge on any atom is 0.0774 e. The molecular weight excluding hydrogens is 172 g/mol. The van der Waals surface area contributed by atoms with Crippen LogP contribution in [0.2, 0.25) is 0 Å². The Hall–Kier alpha value is -1.34. The second-order valence-electron chi connectivity index (χ2n) is 3.78. The van der Waals surface area contributed by atoms with Gasteiger partial charge in [-0.15, -0.1) is 0 Å². The molecule has 1 heteroatoms. The van der Waals surface area contributed by atoms with Crippen LogP contribution in [0.25, 0.3) is 6.08 Å². The summed E-state index contributed by atoms with van der Waals surface area (Å²) < 4.78 is 0. The summed E-state index contributed by atoms with van der Waals surface area (Å²) in [6.45, 7) is 3.50. The Labute approximate surface area is 85.4 Å². The van der Waals surface area contributed by atoms with Crippen molar-refractivity contribution in [3.8, 4) is 0 Å². The van der Waals surface area contributed by atoms with Crippen LogP contribution in [0.4, 0.5) is 0 Å². The van der Waals surface area contributed by atoms with E-state index in [-0.39, 0.29) is 0 Å². The summed E-state index contributed by atoms with van der Waals surface area (Å²) in [4.78, 5) is 0. The van der Waals surface area contributed by atoms with Gasteiger partial charge >= 0.3 is 0 Å². The van der Waals surface area contributed by atoms with Crippen molar-refractivity contribution in [1.29, 1.82) is 0 Å². The smallest absolute Gasteiger partial charge is 0.0774 e. The number of hydrogen-bond acceptors (Lipinski definition) is 1. The summed E-state index contributed by atoms with van der Waals surface area (Å²) in [6.07, 6.45) is 7.54. The lowest BCUT2D eigenvalue weighted by Gasteiger charge is -2.08. The number of allylic oxidation sites excluding steroid dienone is 2. The lowest BCUT2D eigenvalue weighted by atomic mass is 10.1. The molecule has 0 unspecified atom stereocenters. The molecule has 0 aromatic heterocycles. The van der Waals surface area contributed by atoms with Crippen molar-refractivity contribution in [2.24, 2.45) is 0 Å². The zero-order valence-electron chi connectivity index (χ0n) is 8.64. The Bertz CT molecular complexity index is 315. The summed E-state index contributed by atoms with van der Waals surface area (Å²) in [5, 5.41) is 9.39. The van der Waals surface area contributed by atoms with E-state index in [2.05, 4.69) is 0 Å². The van der Waals surface area contributed by atoms with Crippen LogP contribution in [0.1, 0.15) is 19.4 Å². The van der Waals surface area contributed by atoms with Crippen LogP contribution >= 0.6 is 0 Å². The maximum atomic E-state index is 9.39. The minimum Gasteiger partial charge on any atom is -0.386 e. The Kier molecular flexibility index (Phi) is 3.66. The predicted molar refractivity (Wildman–Crippen MR) is 60.9 cm³/mol. The molecule has 1 rings (SSSR count). The van der Waals surface area contributed by atoms with Crippen LogP contribution < -0.4 is 0 Å². The highest BCUT2D eigenvalue weighted by Gasteiger charge is 2.03. The van der Waals surface area contributed by atoms with Gasteiger partial charge in [0.25, 0.3) is 0 Å². The van der Waals surface area contributed by atoms with Crippen LogP contribution in [-0.4, -0.2) is 10.7 Å². The maximum absolute atomic E-state index is 9.39. The topological polar surface area (TPSA) is 20.2 Å². The third-order valence-corrected chi connectivity index (χ3v) is 1.70. The minimum absolute atomic E-state index is 0.735. The van der Waals surface area contributed by atoms with Crippen LogP contribution in [-0.2, 0) is 0 Å². The molecule has 0 radical (unpaired) electrons. The molecule has 1 nitrogen and oxygen atoms in total. The van der Waals surface area contributed by atoms with Gasteiger partial charge in [0.05, 0.1) is 5.60 Å². The highest BCUT2D eigenvalue weighted by molar-refractivity contribution is 5.50. The summed E-state index contributed by atoms with van der Waals surface area (Å²) in [7, 11) is 0. The molecular formula is C13H16O. The fourth-order valence-electron chi connectivity index (χ4n) is 1.02. The number of rotatable bonds is 3. The van der Waals surface area contributed by atoms with E-state index in [0.29, 0.717) is 0 Å². The molecule has 74 valence electrons. The Morgan fingerprint density at radius 3 is 2.29 bits per heavy atom. The molecule has 1 N–H and O–H groups in total. The zero-order valence-corrected chi connectivity index (χ0v) is 8.64. The Morgan fingerprint density at radius 1 is 1.07 bits per heavy atom. The van der Waals surface area contributed by atoms with Gasteiger partial charge in [0.15, 0.2) is 0 Å². The van der Waals surface area contributed by atoms with Crippen molar-refractivity contribution in [2.75, 3.05) is 0 Å². The number of hydrogen-bond donors (Lipinski definition) is 1. The molecule has 1 aromatic rings. The van der Waals surface area contributed by atoms with Crippen molar-refractivity contribution < 1.29 is 5.11 Å². The molecule has 0 aliphatic rings. The lowest BCUT2D eigenvalue weighted by molar-refractivity contribution is 0.133. The average molecular weight is 188 g/mol. The Morgan fingerprint density at radius 2 is 1.71 bits per heavy atom. The van der Waals surface area contributed by atoms with Gasteiger partial charge in [0.1, 0.15) is 0 Å². The standard InChI is InChI=1S/C13H16O/c1-13(2,14)11-7-6-10-12-8-4-3-5-9-12/h3-11,14H,1-2H3. The van der Waals surface area contributed by atoms with Gasteiger partial charge in [-0.3, -0.25) is 0 Å². The first-order valence-corrected chi connectivity index (χ1v) is 4.71. The first kappa shape index (κ1) is 10.7. The fraction of sp³-hybridized carbons (Fsp3) is 0.231. The lowest BCUT2D eigenvalue weighted by Crippen LogP contribution is -2.13. The van der Waals surface area contributed by atoms with E-state index in [4.69, 9.17) is 0 Å². The van der Waals surface area contributed by atoms with Gasteiger partial charge in [0.2, 0.25) is 0 Å². The van der Waals surface area contributed by atoms with Crippen LogP contribution in [0.3, 0.4) is 0 Å². The third-order valence-electron chi connectivity index (χ3n) is 1.70. The molecule has 0 aliphatic carbocycles. The second-order valence-corrected chi connectivity index (χ2v) is 3.78. The van der Waals surface area contributed by atoms with Crippen molar-refractivity contribution in [3.05, 3.63) is 54.1 Å². The SMILES string of the molecule is CC(C)(O)C=CC=Cc1ccccc1. The van der Waals surface area contributed by atoms with Crippen LogP contribution in [0.5, 0.6) is 0 Å². The van der Waals surface area contributed by atoms with Crippen LogP contribution in [0.15, 0.2) is 48.6 Å². The summed E-state index contributed by atoms with van der Waals surface area (Å²) in [5.74, 6) is 0. The first-order chi connectivity index (χ1) is 6.58. The molecule has 0 bridgehead atoms. The zero-order chi connectivity index (χ0) is 10.4. The number of aliphatic hydroxyl groups is 1. The molecule has 14 heavy (non-hydrogen) atoms. The quantitative estimate of drug-likeness (QED) is 0.723. The van der Waals surface area contributed by atoms with Crippen molar-refractivity contribution in [2.45, 2.75) is 19.4 Å². The van der Waals surface area contributed by atoms with Gasteiger partial charge in [-0.05, 0) is 19.4 Å². The molecule has 0 atom stereocenters. The van der Waals surface area contributed by atoms with Crippen molar-refractivity contribution >= 4 is 6.08 Å². The van der Waals surface area contributed by atoms with E-state index in [0.717, 1.165) is 5.56 Å². The molecule has 0 saturated carbocycles. The van der Waals surface area contributed by atoms with E-state index in [1.165, 1.54) is 0 Å². The van der Waals surface area contributed by atoms with E-state index in [1.807, 2.05) is 48.6 Å². The average Bonchev–Trinajstić information content (AvgIpc) is 2.13.